The molecule has 0 aromatic heterocycles. The van der Waals surface area contributed by atoms with Gasteiger partial charge in [0.15, 0.2) is 0 Å². The van der Waals surface area contributed by atoms with Crippen LogP contribution in [0.5, 0.6) is 0 Å². The molecule has 0 saturated heterocycles. The van der Waals surface area contributed by atoms with E-state index in [2.05, 4.69) is 5.32 Å². The Morgan fingerprint density at radius 1 is 1.55 bits per heavy atom. The van der Waals surface area contributed by atoms with Crippen molar-refractivity contribution in [2.75, 3.05) is 25.1 Å². The first-order valence-corrected chi connectivity index (χ1v) is 6.46. The normalized spacial score (nSPS) is 13.9. The van der Waals surface area contributed by atoms with Crippen molar-refractivity contribution in [2.24, 2.45) is 0 Å². The second-order valence-electron chi connectivity index (χ2n) is 4.69. The molecular weight excluding hydrogens is 262 g/mol. The van der Waals surface area contributed by atoms with Crippen molar-refractivity contribution in [3.05, 3.63) is 33.9 Å². The number of carbonyl (C=O) groups is 1. The standard InChI is InChI=1S/C13H17N3O4/c1-14-13(18)9-2-5-11(12(8-9)16(19)20)15(6-7-17)10-3-4-10/h2,5,8,10,17H,3-4,6-7H2,1H3,(H,14,18). The topological polar surface area (TPSA) is 95.7 Å². The first-order chi connectivity index (χ1) is 9.58. The van der Waals surface area contributed by atoms with Crippen molar-refractivity contribution in [3.8, 4) is 0 Å². The zero-order valence-electron chi connectivity index (χ0n) is 11.2. The van der Waals surface area contributed by atoms with Gasteiger partial charge in [0.25, 0.3) is 11.6 Å². The molecule has 0 spiro atoms. The van der Waals surface area contributed by atoms with Crippen LogP contribution >= 0.6 is 0 Å². The van der Waals surface area contributed by atoms with Gasteiger partial charge in [0.2, 0.25) is 0 Å². The maximum Gasteiger partial charge on any atom is 0.293 e. The van der Waals surface area contributed by atoms with E-state index in [1.54, 1.807) is 12.1 Å². The number of carbonyl (C=O) groups excluding carboxylic acids is 1. The summed E-state index contributed by atoms with van der Waals surface area (Å²) < 4.78 is 0. The lowest BCUT2D eigenvalue weighted by atomic mass is 10.1. The minimum absolute atomic E-state index is 0.0646. The molecule has 0 radical (unpaired) electrons. The zero-order valence-corrected chi connectivity index (χ0v) is 11.2. The molecule has 0 unspecified atom stereocenters. The Morgan fingerprint density at radius 3 is 2.75 bits per heavy atom. The van der Waals surface area contributed by atoms with Gasteiger partial charge in [0, 0.05) is 31.3 Å². The molecule has 7 nitrogen and oxygen atoms in total. The number of rotatable bonds is 6. The van der Waals surface area contributed by atoms with Crippen molar-refractivity contribution >= 4 is 17.3 Å². The molecule has 2 N–H and O–H groups in total. The SMILES string of the molecule is CNC(=O)c1ccc(N(CCO)C2CC2)c([N+](=O)[O-])c1. The number of aliphatic hydroxyl groups is 1. The maximum absolute atomic E-state index is 11.6. The summed E-state index contributed by atoms with van der Waals surface area (Å²) in [6, 6.07) is 4.66. The first-order valence-electron chi connectivity index (χ1n) is 6.46. The Bertz CT molecular complexity index is 528. The monoisotopic (exact) mass is 279 g/mol. The molecule has 0 bridgehead atoms. The molecule has 1 aliphatic carbocycles. The van der Waals surface area contributed by atoms with E-state index in [0.717, 1.165) is 12.8 Å². The maximum atomic E-state index is 11.6. The first kappa shape index (κ1) is 14.3. The van der Waals surface area contributed by atoms with Crippen molar-refractivity contribution < 1.29 is 14.8 Å². The van der Waals surface area contributed by atoms with Crippen molar-refractivity contribution in [1.29, 1.82) is 0 Å². The molecule has 1 saturated carbocycles. The van der Waals surface area contributed by atoms with Crippen LogP contribution in [0.1, 0.15) is 23.2 Å². The summed E-state index contributed by atoms with van der Waals surface area (Å²) in [4.78, 5) is 24.1. The van der Waals surface area contributed by atoms with Crippen molar-refractivity contribution in [1.82, 2.24) is 5.32 Å². The van der Waals surface area contributed by atoms with Gasteiger partial charge in [-0.25, -0.2) is 0 Å². The van der Waals surface area contributed by atoms with E-state index >= 15 is 0 Å². The highest BCUT2D eigenvalue weighted by molar-refractivity contribution is 5.95. The third-order valence-corrected chi connectivity index (χ3v) is 3.30. The van der Waals surface area contributed by atoms with Crippen LogP contribution in [0.2, 0.25) is 0 Å². The quantitative estimate of drug-likeness (QED) is 0.596. The van der Waals surface area contributed by atoms with Gasteiger partial charge in [-0.2, -0.15) is 0 Å². The molecule has 7 heteroatoms. The molecule has 0 heterocycles. The third-order valence-electron chi connectivity index (χ3n) is 3.30. The highest BCUT2D eigenvalue weighted by Crippen LogP contribution is 2.37. The number of hydrogen-bond donors (Lipinski definition) is 2. The molecule has 1 aromatic carbocycles. The number of nitro benzene ring substituents is 1. The van der Waals surface area contributed by atoms with E-state index in [4.69, 9.17) is 5.11 Å². The van der Waals surface area contributed by atoms with E-state index in [9.17, 15) is 14.9 Å². The van der Waals surface area contributed by atoms with Gasteiger partial charge in [0.1, 0.15) is 5.69 Å². The number of nitrogens with one attached hydrogen (secondary N) is 1. The fraction of sp³-hybridized carbons (Fsp3) is 0.462. The van der Waals surface area contributed by atoms with Crippen LogP contribution in [-0.4, -0.2) is 42.2 Å². The van der Waals surface area contributed by atoms with Crippen LogP contribution in [0.15, 0.2) is 18.2 Å². The van der Waals surface area contributed by atoms with E-state index in [-0.39, 0.29) is 29.8 Å². The van der Waals surface area contributed by atoms with Gasteiger partial charge in [-0.05, 0) is 25.0 Å². The highest BCUT2D eigenvalue weighted by Gasteiger charge is 2.32. The summed E-state index contributed by atoms with van der Waals surface area (Å²) in [7, 11) is 1.48. The fourth-order valence-electron chi connectivity index (χ4n) is 2.19. The Morgan fingerprint density at radius 2 is 2.25 bits per heavy atom. The van der Waals surface area contributed by atoms with Gasteiger partial charge < -0.3 is 15.3 Å². The number of amides is 1. The summed E-state index contributed by atoms with van der Waals surface area (Å²) in [6.07, 6.45) is 1.93. The van der Waals surface area contributed by atoms with E-state index in [1.807, 2.05) is 4.90 Å². The number of benzene rings is 1. The molecule has 0 atom stereocenters. The van der Waals surface area contributed by atoms with Crippen LogP contribution < -0.4 is 10.2 Å². The van der Waals surface area contributed by atoms with Crippen molar-refractivity contribution in [2.45, 2.75) is 18.9 Å². The summed E-state index contributed by atoms with van der Waals surface area (Å²) in [6.45, 7) is 0.287. The molecule has 108 valence electrons. The molecular formula is C13H17N3O4. The average molecular weight is 279 g/mol. The lowest BCUT2D eigenvalue weighted by Gasteiger charge is -2.23. The number of aliphatic hydroxyl groups excluding tert-OH is 1. The largest absolute Gasteiger partial charge is 0.395 e. The minimum Gasteiger partial charge on any atom is -0.395 e. The van der Waals surface area contributed by atoms with Crippen LogP contribution in [0, 0.1) is 10.1 Å². The number of nitro groups is 1. The van der Waals surface area contributed by atoms with E-state index in [0.29, 0.717) is 12.2 Å². The van der Waals surface area contributed by atoms with Crippen LogP contribution in [0.4, 0.5) is 11.4 Å². The molecule has 1 amide bonds. The minimum atomic E-state index is -0.492. The molecule has 20 heavy (non-hydrogen) atoms. The highest BCUT2D eigenvalue weighted by atomic mass is 16.6. The molecule has 1 fully saturated rings. The number of hydrogen-bond acceptors (Lipinski definition) is 5. The number of anilines is 1. The summed E-state index contributed by atoms with van der Waals surface area (Å²) in [5.41, 5.74) is 0.605. The lowest BCUT2D eigenvalue weighted by Crippen LogP contribution is -2.29. The predicted molar refractivity (Wildman–Crippen MR) is 73.9 cm³/mol. The van der Waals surface area contributed by atoms with Crippen LogP contribution in [0.3, 0.4) is 0 Å². The Balaban J connectivity index is 2.40. The predicted octanol–water partition coefficient (Wildman–Crippen LogP) is 0.916. The second kappa shape index (κ2) is 5.87. The van der Waals surface area contributed by atoms with Gasteiger partial charge in [0.05, 0.1) is 11.5 Å². The molecule has 2 rings (SSSR count). The second-order valence-corrected chi connectivity index (χ2v) is 4.69. The Kier molecular flexibility index (Phi) is 4.19. The van der Waals surface area contributed by atoms with E-state index < -0.39 is 4.92 Å². The van der Waals surface area contributed by atoms with Gasteiger partial charge in [-0.3, -0.25) is 14.9 Å². The summed E-state index contributed by atoms with van der Waals surface area (Å²) >= 11 is 0. The van der Waals surface area contributed by atoms with Gasteiger partial charge in [-0.15, -0.1) is 0 Å². The zero-order chi connectivity index (χ0) is 14.7. The Hall–Kier alpha value is -2.15. The van der Waals surface area contributed by atoms with E-state index in [1.165, 1.54) is 13.1 Å². The number of nitrogens with zero attached hydrogens (tertiary/aromatic N) is 2. The molecule has 1 aliphatic rings. The van der Waals surface area contributed by atoms with Crippen LogP contribution in [0.25, 0.3) is 0 Å². The van der Waals surface area contributed by atoms with Gasteiger partial charge >= 0.3 is 0 Å². The smallest absolute Gasteiger partial charge is 0.293 e. The van der Waals surface area contributed by atoms with Crippen LogP contribution in [-0.2, 0) is 0 Å². The molecule has 0 aliphatic heterocycles. The summed E-state index contributed by atoms with van der Waals surface area (Å²) in [5.74, 6) is -0.361. The van der Waals surface area contributed by atoms with Crippen molar-refractivity contribution in [3.63, 3.8) is 0 Å². The Labute approximate surface area is 116 Å². The third kappa shape index (κ3) is 2.88. The molecule has 1 aromatic rings. The average Bonchev–Trinajstić information content (AvgIpc) is 3.27. The van der Waals surface area contributed by atoms with Gasteiger partial charge in [-0.1, -0.05) is 0 Å². The summed E-state index contributed by atoms with van der Waals surface area (Å²) in [5, 5.41) is 22.8. The fourth-order valence-corrected chi connectivity index (χ4v) is 2.19. The lowest BCUT2D eigenvalue weighted by molar-refractivity contribution is -0.384.